The summed E-state index contributed by atoms with van der Waals surface area (Å²) in [6.07, 6.45) is 1.22. The third-order valence-corrected chi connectivity index (χ3v) is 13.8. The van der Waals surface area contributed by atoms with Crippen LogP contribution in [0.3, 0.4) is 0 Å². The number of benzene rings is 2. The lowest BCUT2D eigenvalue weighted by molar-refractivity contribution is -0.149. The number of sulfonamides is 1. The lowest BCUT2D eigenvalue weighted by atomic mass is 9.77. The van der Waals surface area contributed by atoms with Gasteiger partial charge < -0.3 is 24.6 Å². The van der Waals surface area contributed by atoms with E-state index in [2.05, 4.69) is 16.6 Å². The molecular formula is C43H52FN5O8S. The van der Waals surface area contributed by atoms with Gasteiger partial charge in [0.2, 0.25) is 27.7 Å². The first-order valence-electron chi connectivity index (χ1n) is 20.0. The molecule has 1 aromatic heterocycles. The number of fused-ring (bicyclic) bond motifs is 1. The van der Waals surface area contributed by atoms with Crippen LogP contribution in [-0.4, -0.2) is 103 Å². The van der Waals surface area contributed by atoms with E-state index in [0.717, 1.165) is 5.56 Å². The highest BCUT2D eigenvalue weighted by molar-refractivity contribution is 7.91. The average Bonchev–Trinajstić information content (AvgIpc) is 4.13. The van der Waals surface area contributed by atoms with Gasteiger partial charge in [0.15, 0.2) is 0 Å². The van der Waals surface area contributed by atoms with Crippen molar-refractivity contribution >= 4 is 44.6 Å². The van der Waals surface area contributed by atoms with Gasteiger partial charge in [-0.1, -0.05) is 57.2 Å². The Kier molecular flexibility index (Phi) is 11.3. The second-order valence-corrected chi connectivity index (χ2v) is 19.1. The maximum absolute atomic E-state index is 14.9. The quantitative estimate of drug-likeness (QED) is 0.228. The van der Waals surface area contributed by atoms with E-state index in [-0.39, 0.29) is 57.6 Å². The zero-order chi connectivity index (χ0) is 41.6. The number of hydrogen-bond donors (Lipinski definition) is 2. The van der Waals surface area contributed by atoms with Crippen molar-refractivity contribution in [2.45, 2.75) is 94.8 Å². The molecule has 2 N–H and O–H groups in total. The zero-order valence-electron chi connectivity index (χ0n) is 33.4. The van der Waals surface area contributed by atoms with Crippen LogP contribution in [0.4, 0.5) is 4.39 Å². The van der Waals surface area contributed by atoms with Crippen molar-refractivity contribution in [1.29, 1.82) is 0 Å². The fourth-order valence-electron chi connectivity index (χ4n) is 8.10. The van der Waals surface area contributed by atoms with E-state index in [1.165, 1.54) is 11.0 Å². The summed E-state index contributed by atoms with van der Waals surface area (Å²) in [6.45, 7) is 9.88. The maximum Gasteiger partial charge on any atom is 0.259 e. The largest absolute Gasteiger partial charge is 0.497 e. The summed E-state index contributed by atoms with van der Waals surface area (Å²) in [5.74, 6) is -2.52. The molecule has 2 aliphatic carbocycles. The van der Waals surface area contributed by atoms with Gasteiger partial charge in [0.1, 0.15) is 35.4 Å². The molecule has 0 radical (unpaired) electrons. The molecule has 3 aromatic rings. The van der Waals surface area contributed by atoms with Crippen molar-refractivity contribution in [2.24, 2.45) is 17.3 Å². The fraction of sp³-hybridized carbons (Fsp3) is 0.512. The average molecular weight is 818 g/mol. The van der Waals surface area contributed by atoms with Crippen molar-refractivity contribution in [3.8, 4) is 22.8 Å². The number of amides is 4. The number of carbonyl (C=O) groups is 4. The van der Waals surface area contributed by atoms with Crippen molar-refractivity contribution in [1.82, 2.24) is 24.8 Å². The molecule has 5 atom stereocenters. The molecule has 2 aliphatic heterocycles. The highest BCUT2D eigenvalue weighted by Gasteiger charge is 2.62. The molecule has 3 heterocycles. The summed E-state index contributed by atoms with van der Waals surface area (Å²) in [5.41, 5.74) is -0.199. The molecule has 2 saturated carbocycles. The first-order valence-corrected chi connectivity index (χ1v) is 21.5. The molecule has 15 heteroatoms. The highest BCUT2D eigenvalue weighted by atomic mass is 32.2. The number of hydrogen-bond acceptors (Lipinski definition) is 9. The number of carbonyl (C=O) groups excluding carboxylic acids is 4. The number of piperidine rings is 1. The van der Waals surface area contributed by atoms with Crippen LogP contribution in [0.1, 0.15) is 65.7 Å². The summed E-state index contributed by atoms with van der Waals surface area (Å²) in [5, 5.41) is 2.87. The lowest BCUT2D eigenvalue weighted by Gasteiger charge is -2.37. The number of methoxy groups -OCH3 is 1. The molecule has 4 amide bonds. The van der Waals surface area contributed by atoms with Crippen LogP contribution in [0.25, 0.3) is 22.2 Å². The van der Waals surface area contributed by atoms with Crippen LogP contribution in [0.5, 0.6) is 11.5 Å². The molecule has 0 spiro atoms. The molecule has 13 nitrogen and oxygen atoms in total. The summed E-state index contributed by atoms with van der Waals surface area (Å²) in [6, 6.07) is 15.7. The van der Waals surface area contributed by atoms with E-state index < -0.39 is 74.1 Å². The van der Waals surface area contributed by atoms with Crippen LogP contribution in [0.2, 0.25) is 0 Å². The monoisotopic (exact) mass is 817 g/mol. The summed E-state index contributed by atoms with van der Waals surface area (Å²) >= 11 is 0. The number of nitrogens with one attached hydrogen (secondary N) is 2. The molecule has 7 rings (SSSR count). The van der Waals surface area contributed by atoms with E-state index in [9.17, 15) is 32.0 Å². The Hall–Kier alpha value is -5.05. The SMILES string of the molecule is C=C[C@@H]1C[C@]1(NC(=O)[C@@H]1C[C@@H](Oc2cc(-c3ccccc3)nc3cc(OC)ccc23)CN1C(=O)[C@@H](CC(=O)N1CCC(F)CC1)C(C)(C)C)C(=O)NS(=O)(=O)C1CC1. The number of ether oxygens (including phenoxy) is 2. The summed E-state index contributed by atoms with van der Waals surface area (Å²) < 4.78 is 54.0. The van der Waals surface area contributed by atoms with Gasteiger partial charge in [-0.15, -0.1) is 6.58 Å². The summed E-state index contributed by atoms with van der Waals surface area (Å²) in [4.78, 5) is 64.6. The van der Waals surface area contributed by atoms with Crippen LogP contribution in [-0.2, 0) is 29.2 Å². The van der Waals surface area contributed by atoms with Gasteiger partial charge in [0.25, 0.3) is 5.91 Å². The number of nitrogens with zero attached hydrogens (tertiary/aromatic N) is 3. The van der Waals surface area contributed by atoms with E-state index in [1.54, 1.807) is 24.1 Å². The van der Waals surface area contributed by atoms with Crippen LogP contribution in [0, 0.1) is 17.3 Å². The van der Waals surface area contributed by atoms with Gasteiger partial charge in [-0.3, -0.25) is 23.9 Å². The van der Waals surface area contributed by atoms with Gasteiger partial charge in [-0.25, -0.2) is 17.8 Å². The second kappa shape index (κ2) is 16.0. The Balaban J connectivity index is 1.21. The minimum atomic E-state index is -3.92. The van der Waals surface area contributed by atoms with Gasteiger partial charge in [-0.2, -0.15) is 0 Å². The van der Waals surface area contributed by atoms with Crippen molar-refractivity contribution in [2.75, 3.05) is 26.7 Å². The van der Waals surface area contributed by atoms with E-state index in [4.69, 9.17) is 14.5 Å². The normalized spacial score (nSPS) is 24.2. The third kappa shape index (κ3) is 8.55. The van der Waals surface area contributed by atoms with Crippen molar-refractivity contribution < 1.29 is 41.5 Å². The molecular weight excluding hydrogens is 766 g/mol. The number of rotatable bonds is 13. The fourth-order valence-corrected chi connectivity index (χ4v) is 9.46. The molecule has 310 valence electrons. The third-order valence-electron chi connectivity index (χ3n) is 11.9. The predicted octanol–water partition coefficient (Wildman–Crippen LogP) is 4.94. The molecule has 2 aromatic carbocycles. The molecule has 58 heavy (non-hydrogen) atoms. The Bertz CT molecular complexity index is 2200. The molecule has 4 fully saturated rings. The Morgan fingerprint density at radius 2 is 1.76 bits per heavy atom. The summed E-state index contributed by atoms with van der Waals surface area (Å²) in [7, 11) is -2.35. The number of halogens is 1. The Morgan fingerprint density at radius 3 is 2.38 bits per heavy atom. The molecule has 4 aliphatic rings. The second-order valence-electron chi connectivity index (χ2n) is 17.1. The van der Waals surface area contributed by atoms with Crippen molar-refractivity contribution in [3.63, 3.8) is 0 Å². The minimum Gasteiger partial charge on any atom is -0.497 e. The predicted molar refractivity (Wildman–Crippen MR) is 216 cm³/mol. The number of likely N-dealkylation sites (tertiary alicyclic amines) is 2. The Labute approximate surface area is 338 Å². The topological polar surface area (TPSA) is 164 Å². The molecule has 0 bridgehead atoms. The van der Waals surface area contributed by atoms with Gasteiger partial charge in [0.05, 0.1) is 36.0 Å². The number of alkyl halides is 1. The van der Waals surface area contributed by atoms with E-state index >= 15 is 0 Å². The van der Waals surface area contributed by atoms with Crippen LogP contribution >= 0.6 is 0 Å². The van der Waals surface area contributed by atoms with E-state index in [0.29, 0.717) is 40.9 Å². The first kappa shape index (κ1) is 41.1. The van der Waals surface area contributed by atoms with Crippen molar-refractivity contribution in [3.05, 3.63) is 67.3 Å². The minimum absolute atomic E-state index is 0.0221. The number of aromatic nitrogens is 1. The smallest absolute Gasteiger partial charge is 0.259 e. The molecule has 0 unspecified atom stereocenters. The number of pyridine rings is 1. The van der Waals surface area contributed by atoms with Gasteiger partial charge in [0, 0.05) is 54.9 Å². The Morgan fingerprint density at radius 1 is 1.05 bits per heavy atom. The first-order chi connectivity index (χ1) is 27.5. The van der Waals surface area contributed by atoms with Gasteiger partial charge >= 0.3 is 0 Å². The van der Waals surface area contributed by atoms with Crippen LogP contribution in [0.15, 0.2) is 67.3 Å². The lowest BCUT2D eigenvalue weighted by Crippen LogP contribution is -2.57. The van der Waals surface area contributed by atoms with Gasteiger partial charge in [-0.05, 0) is 49.7 Å². The van der Waals surface area contributed by atoms with Crippen LogP contribution < -0.4 is 19.5 Å². The molecule has 2 saturated heterocycles. The highest BCUT2D eigenvalue weighted by Crippen LogP contribution is 2.46. The maximum atomic E-state index is 14.9. The standard InChI is InChI=1S/C43H52FN5O8S/c1-6-27-24-43(27,41(53)47-58(54,55)31-13-14-31)46-39(51)36-21-30(25-49(36)40(52)33(42(2,3)4)22-38(50)48-18-16-28(44)17-19-48)57-37-23-34(26-10-8-7-9-11-26)45-35-20-29(56-5)12-15-32(35)37/h6-12,15,20,23,27-28,30-31,33,36H,1,13-14,16-19,21-22,24-25H2,2-5H3,(H,46,51)(H,47,53)/t27-,30-,33-,36+,43-/m1/s1. The van der Waals surface area contributed by atoms with E-state index in [1.807, 2.05) is 63.2 Å². The zero-order valence-corrected chi connectivity index (χ0v) is 34.2.